The smallest absolute Gasteiger partial charge is 0.310 e. The first-order valence-corrected chi connectivity index (χ1v) is 14.7. The number of fused-ring (bicyclic) bond motifs is 1. The van der Waals surface area contributed by atoms with Crippen LogP contribution in [0.25, 0.3) is 10.9 Å². The summed E-state index contributed by atoms with van der Waals surface area (Å²) in [7, 11) is -2.20. The van der Waals surface area contributed by atoms with Gasteiger partial charge in [-0.25, -0.2) is 8.42 Å². The Morgan fingerprint density at radius 2 is 1.81 bits per heavy atom. The Hall–Kier alpha value is -2.72. The lowest BCUT2D eigenvalue weighted by molar-refractivity contribution is -0.149. The van der Waals surface area contributed by atoms with Crippen LogP contribution >= 0.6 is 0 Å². The van der Waals surface area contributed by atoms with Crippen molar-refractivity contribution in [1.82, 2.24) is 13.8 Å². The molecular formula is C27H37N3O6S. The summed E-state index contributed by atoms with van der Waals surface area (Å²) in [6.45, 7) is 5.05. The number of sulfonamides is 1. The fraction of sp³-hybridized carbons (Fsp3) is 0.593. The number of hydrogen-bond donors (Lipinski definition) is 0. The van der Waals surface area contributed by atoms with E-state index in [-0.39, 0.29) is 41.0 Å². The first-order chi connectivity index (χ1) is 17.7. The van der Waals surface area contributed by atoms with Gasteiger partial charge >= 0.3 is 5.97 Å². The zero-order valence-corrected chi connectivity index (χ0v) is 22.8. The molecule has 2 heterocycles. The second-order valence-corrected chi connectivity index (χ2v) is 12.0. The fourth-order valence-electron chi connectivity index (χ4n) is 5.54. The number of hydrogen-bond acceptors (Lipinski definition) is 6. The van der Waals surface area contributed by atoms with Crippen molar-refractivity contribution in [3.05, 3.63) is 40.2 Å². The normalized spacial score (nSPS) is 19.4. The van der Waals surface area contributed by atoms with Crippen LogP contribution < -0.4 is 5.43 Å². The van der Waals surface area contributed by atoms with Gasteiger partial charge in [-0.1, -0.05) is 19.3 Å². The van der Waals surface area contributed by atoms with Crippen molar-refractivity contribution in [2.24, 2.45) is 5.92 Å². The third-order valence-electron chi connectivity index (χ3n) is 7.72. The lowest BCUT2D eigenvalue weighted by Crippen LogP contribution is -2.44. The van der Waals surface area contributed by atoms with E-state index >= 15 is 0 Å². The molecule has 1 aliphatic heterocycles. The molecule has 9 nitrogen and oxygen atoms in total. The molecular weight excluding hydrogens is 494 g/mol. The summed E-state index contributed by atoms with van der Waals surface area (Å²) in [6.07, 6.45) is 7.59. The SMILES string of the molecule is CCOC(=O)[C@H]1CCCN(C(=O)c2cn(CC)c3ccc(S(=O)(=O)N(C)C4CCCCC4)cc3c2=O)C1. The highest BCUT2D eigenvalue weighted by Crippen LogP contribution is 2.28. The highest BCUT2D eigenvalue weighted by Gasteiger charge is 2.32. The van der Waals surface area contributed by atoms with Crippen LogP contribution in [-0.2, 0) is 26.1 Å². The van der Waals surface area contributed by atoms with Crippen LogP contribution in [-0.4, -0.2) is 66.9 Å². The molecule has 10 heteroatoms. The van der Waals surface area contributed by atoms with Gasteiger partial charge in [0.25, 0.3) is 5.91 Å². The molecule has 0 unspecified atom stereocenters. The number of esters is 1. The average Bonchev–Trinajstić information content (AvgIpc) is 2.93. The van der Waals surface area contributed by atoms with Crippen molar-refractivity contribution in [3.63, 3.8) is 0 Å². The van der Waals surface area contributed by atoms with E-state index in [0.29, 0.717) is 31.4 Å². The molecule has 4 rings (SSSR count). The second-order valence-electron chi connectivity index (χ2n) is 9.99. The van der Waals surface area contributed by atoms with Crippen LogP contribution in [0.2, 0.25) is 0 Å². The van der Waals surface area contributed by atoms with Crippen molar-refractivity contribution >= 4 is 32.8 Å². The third-order valence-corrected chi connectivity index (χ3v) is 9.62. The van der Waals surface area contributed by atoms with Gasteiger partial charge in [0.2, 0.25) is 15.5 Å². The molecule has 1 amide bonds. The molecule has 2 aromatic rings. The minimum Gasteiger partial charge on any atom is -0.466 e. The lowest BCUT2D eigenvalue weighted by Gasteiger charge is -2.31. The molecule has 2 aliphatic rings. The highest BCUT2D eigenvalue weighted by molar-refractivity contribution is 7.89. The predicted molar refractivity (Wildman–Crippen MR) is 141 cm³/mol. The predicted octanol–water partition coefficient (Wildman–Crippen LogP) is 3.39. The van der Waals surface area contributed by atoms with Gasteiger partial charge in [-0.15, -0.1) is 0 Å². The second kappa shape index (κ2) is 11.3. The van der Waals surface area contributed by atoms with Crippen molar-refractivity contribution in [1.29, 1.82) is 0 Å². The van der Waals surface area contributed by atoms with E-state index in [1.165, 1.54) is 15.3 Å². The molecule has 0 radical (unpaired) electrons. The van der Waals surface area contributed by atoms with Gasteiger partial charge in [0.15, 0.2) is 0 Å². The Kier molecular flexibility index (Phi) is 8.38. The summed E-state index contributed by atoms with van der Waals surface area (Å²) in [4.78, 5) is 40.9. The van der Waals surface area contributed by atoms with E-state index < -0.39 is 27.3 Å². The van der Waals surface area contributed by atoms with Crippen molar-refractivity contribution in [2.75, 3.05) is 26.7 Å². The Bertz CT molecular complexity index is 1330. The van der Waals surface area contributed by atoms with Gasteiger partial charge < -0.3 is 14.2 Å². The largest absolute Gasteiger partial charge is 0.466 e. The molecule has 202 valence electrons. The summed E-state index contributed by atoms with van der Waals surface area (Å²) in [5.41, 5.74) is 0.0562. The van der Waals surface area contributed by atoms with Gasteiger partial charge in [-0.05, 0) is 57.7 Å². The Morgan fingerprint density at radius 1 is 1.08 bits per heavy atom. The molecule has 1 saturated carbocycles. The molecule has 1 aromatic carbocycles. The van der Waals surface area contributed by atoms with Gasteiger partial charge in [0, 0.05) is 44.3 Å². The number of carbonyl (C=O) groups excluding carboxylic acids is 2. The quantitative estimate of drug-likeness (QED) is 0.507. The number of amides is 1. The minimum absolute atomic E-state index is 0.0194. The van der Waals surface area contributed by atoms with E-state index in [9.17, 15) is 22.8 Å². The number of likely N-dealkylation sites (tertiary alicyclic amines) is 1. The Labute approximate surface area is 218 Å². The third kappa shape index (κ3) is 5.45. The van der Waals surface area contributed by atoms with Crippen LogP contribution in [0.15, 0.2) is 34.1 Å². The maximum Gasteiger partial charge on any atom is 0.310 e. The molecule has 37 heavy (non-hydrogen) atoms. The van der Waals surface area contributed by atoms with E-state index in [1.54, 1.807) is 36.9 Å². The topological polar surface area (TPSA) is 106 Å². The van der Waals surface area contributed by atoms with Gasteiger partial charge in [-0.3, -0.25) is 14.4 Å². The van der Waals surface area contributed by atoms with Gasteiger partial charge in [-0.2, -0.15) is 4.31 Å². The number of nitrogens with zero attached hydrogens (tertiary/aromatic N) is 3. The van der Waals surface area contributed by atoms with Crippen LogP contribution in [0, 0.1) is 5.92 Å². The summed E-state index contributed by atoms with van der Waals surface area (Å²) in [6, 6.07) is 4.54. The number of carbonyl (C=O) groups is 2. The maximum atomic E-state index is 13.6. The number of aromatic nitrogens is 1. The van der Waals surface area contributed by atoms with E-state index in [1.807, 2.05) is 6.92 Å². The van der Waals surface area contributed by atoms with E-state index in [2.05, 4.69) is 0 Å². The summed E-state index contributed by atoms with van der Waals surface area (Å²) < 4.78 is 35.3. The maximum absolute atomic E-state index is 13.6. The molecule has 0 spiro atoms. The number of aryl methyl sites for hydroxylation is 1. The van der Waals surface area contributed by atoms with Gasteiger partial charge in [0.05, 0.1) is 22.9 Å². The molecule has 1 aliphatic carbocycles. The number of piperidine rings is 1. The Morgan fingerprint density at radius 3 is 2.49 bits per heavy atom. The van der Waals surface area contributed by atoms with Crippen LogP contribution in [0.5, 0.6) is 0 Å². The van der Waals surface area contributed by atoms with Crippen molar-refractivity contribution < 1.29 is 22.7 Å². The molecule has 1 aromatic heterocycles. The molecule has 0 bridgehead atoms. The summed E-state index contributed by atoms with van der Waals surface area (Å²) >= 11 is 0. The zero-order valence-electron chi connectivity index (χ0n) is 21.9. The standard InChI is InChI=1S/C27H37N3O6S/c1-4-29-18-23(26(32)30-15-9-10-19(17-30)27(33)36-5-2)25(31)22-16-21(13-14-24(22)29)37(34,35)28(3)20-11-7-6-8-12-20/h13-14,16,18-20H,4-12,15,17H2,1-3H3/t19-/m0/s1. The first-order valence-electron chi connectivity index (χ1n) is 13.3. The molecule has 0 N–H and O–H groups in total. The van der Waals surface area contributed by atoms with Crippen molar-refractivity contribution in [2.45, 2.75) is 76.3 Å². The average molecular weight is 532 g/mol. The minimum atomic E-state index is -3.80. The van der Waals surface area contributed by atoms with Crippen molar-refractivity contribution in [3.8, 4) is 0 Å². The highest BCUT2D eigenvalue weighted by atomic mass is 32.2. The number of rotatable bonds is 7. The zero-order chi connectivity index (χ0) is 26.7. The Balaban J connectivity index is 1.70. The van der Waals surface area contributed by atoms with Crippen LogP contribution in [0.4, 0.5) is 0 Å². The van der Waals surface area contributed by atoms with Crippen LogP contribution in [0.1, 0.15) is 69.2 Å². The van der Waals surface area contributed by atoms with Crippen LogP contribution in [0.3, 0.4) is 0 Å². The number of pyridine rings is 1. The number of benzene rings is 1. The lowest BCUT2D eigenvalue weighted by atomic mass is 9.96. The van der Waals surface area contributed by atoms with E-state index in [4.69, 9.17) is 4.74 Å². The van der Waals surface area contributed by atoms with Gasteiger partial charge in [0.1, 0.15) is 5.56 Å². The fourth-order valence-corrected chi connectivity index (χ4v) is 6.99. The molecule has 2 fully saturated rings. The van der Waals surface area contributed by atoms with E-state index in [0.717, 1.165) is 32.1 Å². The first kappa shape index (κ1) is 27.3. The monoisotopic (exact) mass is 531 g/mol. The summed E-state index contributed by atoms with van der Waals surface area (Å²) in [5, 5.41) is 0.199. The summed E-state index contributed by atoms with van der Waals surface area (Å²) in [5.74, 6) is -1.20. The number of ether oxygens (including phenoxy) is 1. The molecule has 1 saturated heterocycles. The molecule has 1 atom stereocenters.